The van der Waals surface area contributed by atoms with E-state index in [1.165, 1.54) is 10.6 Å². The highest BCUT2D eigenvalue weighted by molar-refractivity contribution is 5.88. The summed E-state index contributed by atoms with van der Waals surface area (Å²) >= 11 is 0. The van der Waals surface area contributed by atoms with Gasteiger partial charge in [-0.1, -0.05) is 6.07 Å². The van der Waals surface area contributed by atoms with Crippen molar-refractivity contribution in [3.8, 4) is 17.0 Å². The highest BCUT2D eigenvalue weighted by atomic mass is 16.5. The summed E-state index contributed by atoms with van der Waals surface area (Å²) in [6, 6.07) is 7.18. The van der Waals surface area contributed by atoms with Gasteiger partial charge in [-0.05, 0) is 19.1 Å². The Morgan fingerprint density at radius 1 is 1.38 bits per heavy atom. The smallest absolute Gasteiger partial charge is 0.358 e. The van der Waals surface area contributed by atoms with E-state index < -0.39 is 5.97 Å². The largest absolute Gasteiger partial charge is 0.490 e. The number of aromatic amines is 1. The average Bonchev–Trinajstić information content (AvgIpc) is 3.07. The second-order valence-corrected chi connectivity index (χ2v) is 6.03. The van der Waals surface area contributed by atoms with Gasteiger partial charge in [0.25, 0.3) is 5.56 Å². The summed E-state index contributed by atoms with van der Waals surface area (Å²) in [5.41, 5.74) is 2.44. The molecular formula is C18H18N4O4. The summed E-state index contributed by atoms with van der Waals surface area (Å²) in [6.45, 7) is 3.41. The Balaban J connectivity index is 1.78. The lowest BCUT2D eigenvalue weighted by molar-refractivity contribution is 0.0519. The minimum atomic E-state index is -0.553. The maximum absolute atomic E-state index is 12.4. The second kappa shape index (κ2) is 6.21. The molecule has 134 valence electrons. The van der Waals surface area contributed by atoms with Crippen LogP contribution in [0.25, 0.3) is 16.8 Å². The lowest BCUT2D eigenvalue weighted by atomic mass is 10.1. The van der Waals surface area contributed by atoms with Gasteiger partial charge in [0.1, 0.15) is 17.9 Å². The molecule has 0 atom stereocenters. The summed E-state index contributed by atoms with van der Waals surface area (Å²) in [7, 11) is 2.01. The number of likely N-dealkylation sites (N-methyl/N-ethyl adjacent to an activating group) is 1. The predicted molar refractivity (Wildman–Crippen MR) is 96.0 cm³/mol. The van der Waals surface area contributed by atoms with Gasteiger partial charge < -0.3 is 19.4 Å². The van der Waals surface area contributed by atoms with Crippen molar-refractivity contribution in [3.63, 3.8) is 0 Å². The molecule has 3 heterocycles. The molecule has 3 aromatic rings. The highest BCUT2D eigenvalue weighted by Gasteiger charge is 2.17. The van der Waals surface area contributed by atoms with Crippen molar-refractivity contribution in [1.29, 1.82) is 0 Å². The van der Waals surface area contributed by atoms with Crippen LogP contribution in [0.3, 0.4) is 0 Å². The molecule has 2 aromatic heterocycles. The highest BCUT2D eigenvalue weighted by Crippen LogP contribution is 2.34. The summed E-state index contributed by atoms with van der Waals surface area (Å²) in [4.78, 5) is 29.2. The van der Waals surface area contributed by atoms with Crippen molar-refractivity contribution in [2.24, 2.45) is 0 Å². The molecule has 0 bridgehead atoms. The van der Waals surface area contributed by atoms with Crippen molar-refractivity contribution in [3.05, 3.63) is 46.5 Å². The Morgan fingerprint density at radius 2 is 2.23 bits per heavy atom. The summed E-state index contributed by atoms with van der Waals surface area (Å²) < 4.78 is 12.1. The standard InChI is InChI=1S/C18H18N4O4/c1-3-25-18(24)12-9-15-17(23)19-13(10-22(15)20-12)11-4-5-14-16(8-11)26-7-6-21(14)2/h4-5,8-10H,3,6-7H2,1-2H3,(H,19,23). The molecule has 0 spiro atoms. The topological polar surface area (TPSA) is 88.9 Å². The van der Waals surface area contributed by atoms with Crippen LogP contribution in [0.15, 0.2) is 35.3 Å². The number of anilines is 1. The van der Waals surface area contributed by atoms with Crippen molar-refractivity contribution >= 4 is 17.2 Å². The second-order valence-electron chi connectivity index (χ2n) is 6.03. The predicted octanol–water partition coefficient (Wildman–Crippen LogP) is 1.69. The summed E-state index contributed by atoms with van der Waals surface area (Å²) in [5.74, 6) is 0.215. The zero-order valence-corrected chi connectivity index (χ0v) is 14.5. The number of ether oxygens (including phenoxy) is 2. The molecule has 0 aliphatic carbocycles. The third-order valence-corrected chi connectivity index (χ3v) is 4.32. The van der Waals surface area contributed by atoms with Crippen LogP contribution in [0, 0.1) is 0 Å². The van der Waals surface area contributed by atoms with Crippen LogP contribution in [0.1, 0.15) is 17.4 Å². The van der Waals surface area contributed by atoms with Crippen LogP contribution in [0.2, 0.25) is 0 Å². The molecule has 0 unspecified atom stereocenters. The molecule has 0 radical (unpaired) electrons. The fraction of sp³-hybridized carbons (Fsp3) is 0.278. The van der Waals surface area contributed by atoms with E-state index in [2.05, 4.69) is 15.0 Å². The van der Waals surface area contributed by atoms with E-state index in [1.807, 2.05) is 25.2 Å². The molecule has 0 fully saturated rings. The Bertz CT molecular complexity index is 1050. The molecule has 0 amide bonds. The minimum Gasteiger partial charge on any atom is -0.490 e. The lowest BCUT2D eigenvalue weighted by Crippen LogP contribution is -2.28. The third kappa shape index (κ3) is 2.69. The normalized spacial score (nSPS) is 13.4. The fourth-order valence-corrected chi connectivity index (χ4v) is 2.98. The van der Waals surface area contributed by atoms with E-state index in [0.29, 0.717) is 12.3 Å². The van der Waals surface area contributed by atoms with Gasteiger partial charge in [-0.15, -0.1) is 0 Å². The van der Waals surface area contributed by atoms with Crippen LogP contribution in [-0.4, -0.2) is 47.4 Å². The first-order chi connectivity index (χ1) is 12.6. The van der Waals surface area contributed by atoms with Crippen molar-refractivity contribution in [1.82, 2.24) is 14.6 Å². The molecule has 1 aromatic carbocycles. The molecule has 8 heteroatoms. The molecule has 0 saturated carbocycles. The molecule has 1 aliphatic heterocycles. The molecule has 0 saturated heterocycles. The number of carbonyl (C=O) groups excluding carboxylic acids is 1. The monoisotopic (exact) mass is 354 g/mol. The number of nitrogens with one attached hydrogen (secondary N) is 1. The first-order valence-corrected chi connectivity index (χ1v) is 8.35. The van der Waals surface area contributed by atoms with Crippen LogP contribution in [0.4, 0.5) is 5.69 Å². The Kier molecular flexibility index (Phi) is 3.87. The van der Waals surface area contributed by atoms with Crippen LogP contribution < -0.4 is 15.2 Å². The number of nitrogens with zero attached hydrogens (tertiary/aromatic N) is 3. The number of rotatable bonds is 3. The quantitative estimate of drug-likeness (QED) is 0.720. The Labute approximate surface area is 149 Å². The molecule has 1 N–H and O–H groups in total. The van der Waals surface area contributed by atoms with Gasteiger partial charge in [0.2, 0.25) is 0 Å². The Morgan fingerprint density at radius 3 is 3.04 bits per heavy atom. The van der Waals surface area contributed by atoms with Gasteiger partial charge in [-0.2, -0.15) is 5.10 Å². The fourth-order valence-electron chi connectivity index (χ4n) is 2.98. The SMILES string of the molecule is CCOC(=O)c1cc2c(=O)[nH]c(-c3ccc4c(c3)OCCN4C)cn2n1. The maximum Gasteiger partial charge on any atom is 0.358 e. The lowest BCUT2D eigenvalue weighted by Gasteiger charge is -2.27. The van der Waals surface area contributed by atoms with Crippen LogP contribution in [-0.2, 0) is 4.74 Å². The van der Waals surface area contributed by atoms with E-state index in [4.69, 9.17) is 9.47 Å². The third-order valence-electron chi connectivity index (χ3n) is 4.32. The van der Waals surface area contributed by atoms with Gasteiger partial charge in [0.05, 0.1) is 30.7 Å². The molecule has 26 heavy (non-hydrogen) atoms. The number of fused-ring (bicyclic) bond motifs is 2. The van der Waals surface area contributed by atoms with E-state index in [1.54, 1.807) is 13.1 Å². The van der Waals surface area contributed by atoms with Crippen molar-refractivity contribution < 1.29 is 14.3 Å². The van der Waals surface area contributed by atoms with Crippen LogP contribution >= 0.6 is 0 Å². The maximum atomic E-state index is 12.4. The van der Waals surface area contributed by atoms with Gasteiger partial charge >= 0.3 is 5.97 Å². The van der Waals surface area contributed by atoms with Crippen molar-refractivity contribution in [2.75, 3.05) is 31.7 Å². The summed E-state index contributed by atoms with van der Waals surface area (Å²) in [6.07, 6.45) is 1.67. The van der Waals surface area contributed by atoms with E-state index >= 15 is 0 Å². The molecule has 1 aliphatic rings. The molecular weight excluding hydrogens is 336 g/mol. The summed E-state index contributed by atoms with van der Waals surface area (Å²) in [5, 5.41) is 4.16. The number of H-pyrrole nitrogens is 1. The van der Waals surface area contributed by atoms with E-state index in [-0.39, 0.29) is 23.4 Å². The number of aromatic nitrogens is 3. The average molecular weight is 354 g/mol. The van der Waals surface area contributed by atoms with Gasteiger partial charge in [-0.3, -0.25) is 4.79 Å². The van der Waals surface area contributed by atoms with E-state index in [0.717, 1.165) is 23.5 Å². The van der Waals surface area contributed by atoms with Gasteiger partial charge in [-0.25, -0.2) is 9.31 Å². The van der Waals surface area contributed by atoms with Gasteiger partial charge in [0.15, 0.2) is 5.69 Å². The van der Waals surface area contributed by atoms with Crippen molar-refractivity contribution in [2.45, 2.75) is 6.92 Å². The number of carbonyl (C=O) groups is 1. The number of esters is 1. The zero-order valence-electron chi connectivity index (χ0n) is 14.5. The van der Waals surface area contributed by atoms with Gasteiger partial charge in [0, 0.05) is 18.7 Å². The van der Waals surface area contributed by atoms with E-state index in [9.17, 15) is 9.59 Å². The number of hydrogen-bond acceptors (Lipinski definition) is 6. The first-order valence-electron chi connectivity index (χ1n) is 8.35. The zero-order chi connectivity index (χ0) is 18.3. The first kappa shape index (κ1) is 16.2. The molecule has 4 rings (SSSR count). The number of benzene rings is 1. The number of hydrogen-bond donors (Lipinski definition) is 1. The Hall–Kier alpha value is -3.29. The molecule has 8 nitrogen and oxygen atoms in total. The van der Waals surface area contributed by atoms with Crippen LogP contribution in [0.5, 0.6) is 5.75 Å². The minimum absolute atomic E-state index is 0.102.